The lowest BCUT2D eigenvalue weighted by Gasteiger charge is -2.07. The maximum absolute atomic E-state index is 11.7. The van der Waals surface area contributed by atoms with Crippen LogP contribution in [0.25, 0.3) is 10.2 Å². The minimum absolute atomic E-state index is 0.219. The Morgan fingerprint density at radius 1 is 1.25 bits per heavy atom. The molecule has 4 rings (SSSR count). The first-order chi connectivity index (χ1) is 11.8. The first kappa shape index (κ1) is 14.4. The van der Waals surface area contributed by atoms with Crippen molar-refractivity contribution >= 4 is 39.1 Å². The Bertz CT molecular complexity index is 1020. The zero-order chi connectivity index (χ0) is 16.4. The van der Waals surface area contributed by atoms with E-state index in [9.17, 15) is 4.79 Å². The van der Waals surface area contributed by atoms with Crippen LogP contribution in [-0.2, 0) is 6.54 Å². The van der Waals surface area contributed by atoms with Crippen LogP contribution in [-0.4, -0.2) is 19.9 Å². The lowest BCUT2D eigenvalue weighted by molar-refractivity contribution is 0.517. The molecular formula is C15H12N6O2S. The molecule has 0 saturated heterocycles. The zero-order valence-electron chi connectivity index (χ0n) is 12.3. The molecule has 8 nitrogen and oxygen atoms in total. The van der Waals surface area contributed by atoms with Crippen LogP contribution in [0, 0.1) is 0 Å². The van der Waals surface area contributed by atoms with E-state index in [1.54, 1.807) is 29.2 Å². The average Bonchev–Trinajstić information content (AvgIpc) is 3.23. The minimum atomic E-state index is -0.492. The van der Waals surface area contributed by atoms with Gasteiger partial charge in [-0.3, -0.25) is 4.98 Å². The highest BCUT2D eigenvalue weighted by Crippen LogP contribution is 2.23. The number of aromatic nitrogens is 4. The van der Waals surface area contributed by atoms with Crippen molar-refractivity contribution in [1.82, 2.24) is 19.9 Å². The fraction of sp³-hybridized carbons (Fsp3) is 0.0667. The summed E-state index contributed by atoms with van der Waals surface area (Å²) >= 11 is 1.55. The first-order valence-corrected chi connectivity index (χ1v) is 7.99. The van der Waals surface area contributed by atoms with E-state index in [2.05, 4.69) is 30.6 Å². The Hall–Kier alpha value is -3.20. The van der Waals surface area contributed by atoms with Crippen LogP contribution < -0.4 is 16.3 Å². The van der Waals surface area contributed by atoms with E-state index in [0.29, 0.717) is 12.5 Å². The summed E-state index contributed by atoms with van der Waals surface area (Å²) in [6.07, 6.45) is 1.58. The molecule has 0 atom stereocenters. The SMILES string of the molecule is O=c1nc(NCc2ccco2)nc(Nc2ccc3ncsc3c2)[nH]1. The molecule has 3 heterocycles. The van der Waals surface area contributed by atoms with E-state index < -0.39 is 5.69 Å². The van der Waals surface area contributed by atoms with E-state index >= 15 is 0 Å². The summed E-state index contributed by atoms with van der Waals surface area (Å²) in [5.74, 6) is 1.25. The van der Waals surface area contributed by atoms with Crippen LogP contribution in [0.5, 0.6) is 0 Å². The number of fused-ring (bicyclic) bond motifs is 1. The Labute approximate surface area is 139 Å². The third kappa shape index (κ3) is 3.10. The molecule has 24 heavy (non-hydrogen) atoms. The average molecular weight is 340 g/mol. The lowest BCUT2D eigenvalue weighted by Crippen LogP contribution is -2.17. The number of furan rings is 1. The van der Waals surface area contributed by atoms with Crippen molar-refractivity contribution < 1.29 is 4.42 Å². The van der Waals surface area contributed by atoms with Crippen LogP contribution >= 0.6 is 11.3 Å². The van der Waals surface area contributed by atoms with Crippen molar-refractivity contribution in [3.63, 3.8) is 0 Å². The van der Waals surface area contributed by atoms with Gasteiger partial charge >= 0.3 is 5.69 Å². The van der Waals surface area contributed by atoms with Gasteiger partial charge in [-0.1, -0.05) is 0 Å². The molecule has 0 fully saturated rings. The van der Waals surface area contributed by atoms with E-state index in [4.69, 9.17) is 4.42 Å². The van der Waals surface area contributed by atoms with Crippen molar-refractivity contribution in [2.24, 2.45) is 0 Å². The predicted octanol–water partition coefficient (Wildman–Crippen LogP) is 2.72. The Kier molecular flexibility index (Phi) is 3.67. The summed E-state index contributed by atoms with van der Waals surface area (Å²) in [5, 5.41) is 6.02. The quantitative estimate of drug-likeness (QED) is 0.512. The largest absolute Gasteiger partial charge is 0.467 e. The van der Waals surface area contributed by atoms with Crippen LogP contribution in [0.2, 0.25) is 0 Å². The summed E-state index contributed by atoms with van der Waals surface area (Å²) < 4.78 is 6.27. The Morgan fingerprint density at radius 3 is 3.08 bits per heavy atom. The van der Waals surface area contributed by atoms with E-state index in [-0.39, 0.29) is 5.95 Å². The lowest BCUT2D eigenvalue weighted by atomic mass is 10.3. The fourth-order valence-corrected chi connectivity index (χ4v) is 2.89. The van der Waals surface area contributed by atoms with Gasteiger partial charge in [0.05, 0.1) is 28.5 Å². The molecule has 0 spiro atoms. The number of rotatable bonds is 5. The van der Waals surface area contributed by atoms with Crippen LogP contribution in [0.1, 0.15) is 5.76 Å². The Morgan fingerprint density at radius 2 is 2.21 bits per heavy atom. The molecule has 0 bridgehead atoms. The van der Waals surface area contributed by atoms with Gasteiger partial charge in [0.1, 0.15) is 5.76 Å². The number of hydrogen-bond donors (Lipinski definition) is 3. The topological polar surface area (TPSA) is 109 Å². The van der Waals surface area contributed by atoms with Gasteiger partial charge in [-0.25, -0.2) is 9.78 Å². The molecule has 1 aromatic carbocycles. The standard InChI is InChI=1S/C15H12N6O2S/c22-15-20-13(16-7-10-2-1-5-23-10)19-14(21-15)18-9-3-4-11-12(6-9)24-8-17-11/h1-6,8H,7H2,(H3,16,18,19,20,21,22). The number of aromatic amines is 1. The maximum Gasteiger partial charge on any atom is 0.351 e. The number of thiazole rings is 1. The summed E-state index contributed by atoms with van der Waals surface area (Å²) in [7, 11) is 0. The van der Waals surface area contributed by atoms with E-state index in [0.717, 1.165) is 21.7 Å². The molecule has 0 aliphatic rings. The molecule has 9 heteroatoms. The van der Waals surface area contributed by atoms with Gasteiger partial charge in [0.2, 0.25) is 11.9 Å². The second-order valence-corrected chi connectivity index (χ2v) is 5.81. The molecule has 0 aliphatic carbocycles. The van der Waals surface area contributed by atoms with Gasteiger partial charge in [-0.05, 0) is 30.3 Å². The van der Waals surface area contributed by atoms with Crippen molar-refractivity contribution in [3.05, 3.63) is 58.4 Å². The van der Waals surface area contributed by atoms with E-state index in [1.165, 1.54) is 0 Å². The molecule has 4 aromatic rings. The van der Waals surface area contributed by atoms with Crippen molar-refractivity contribution in [1.29, 1.82) is 0 Å². The smallest absolute Gasteiger partial charge is 0.351 e. The zero-order valence-corrected chi connectivity index (χ0v) is 13.1. The highest BCUT2D eigenvalue weighted by atomic mass is 32.1. The highest BCUT2D eigenvalue weighted by molar-refractivity contribution is 7.16. The number of H-pyrrole nitrogens is 1. The molecule has 0 unspecified atom stereocenters. The number of nitrogens with zero attached hydrogens (tertiary/aromatic N) is 3. The summed E-state index contributed by atoms with van der Waals surface area (Å²) in [6.45, 7) is 0.392. The molecule has 0 amide bonds. The van der Waals surface area contributed by atoms with Crippen molar-refractivity contribution in [2.75, 3.05) is 10.6 Å². The second kappa shape index (κ2) is 6.13. The molecule has 0 aliphatic heterocycles. The number of hydrogen-bond acceptors (Lipinski definition) is 8. The molecule has 0 radical (unpaired) electrons. The summed E-state index contributed by atoms with van der Waals surface area (Å²) in [5.41, 5.74) is 3.03. The third-order valence-corrected chi connectivity index (χ3v) is 4.04. The minimum Gasteiger partial charge on any atom is -0.467 e. The molecule has 0 saturated carbocycles. The van der Waals surface area contributed by atoms with Gasteiger partial charge in [-0.15, -0.1) is 11.3 Å². The monoisotopic (exact) mass is 340 g/mol. The molecule has 3 N–H and O–H groups in total. The summed E-state index contributed by atoms with van der Waals surface area (Å²) in [6, 6.07) is 9.34. The Balaban J connectivity index is 1.54. The molecule has 3 aromatic heterocycles. The molecule has 120 valence electrons. The van der Waals surface area contributed by atoms with Crippen molar-refractivity contribution in [3.8, 4) is 0 Å². The fourth-order valence-electron chi connectivity index (χ4n) is 2.17. The van der Waals surface area contributed by atoms with Crippen LogP contribution in [0.4, 0.5) is 17.6 Å². The van der Waals surface area contributed by atoms with Crippen LogP contribution in [0.15, 0.2) is 51.3 Å². The van der Waals surface area contributed by atoms with Gasteiger partial charge in [-0.2, -0.15) is 9.97 Å². The molecular weight excluding hydrogens is 328 g/mol. The third-order valence-electron chi connectivity index (χ3n) is 3.25. The number of nitrogens with one attached hydrogen (secondary N) is 3. The predicted molar refractivity (Wildman–Crippen MR) is 91.6 cm³/mol. The van der Waals surface area contributed by atoms with Crippen LogP contribution in [0.3, 0.4) is 0 Å². The summed E-state index contributed by atoms with van der Waals surface area (Å²) in [4.78, 5) is 26.6. The van der Waals surface area contributed by atoms with Gasteiger partial charge in [0.15, 0.2) is 0 Å². The highest BCUT2D eigenvalue weighted by Gasteiger charge is 2.05. The van der Waals surface area contributed by atoms with Gasteiger partial charge in [0, 0.05) is 5.69 Å². The maximum atomic E-state index is 11.7. The number of benzene rings is 1. The van der Waals surface area contributed by atoms with Gasteiger partial charge < -0.3 is 15.1 Å². The first-order valence-electron chi connectivity index (χ1n) is 7.11. The number of anilines is 3. The van der Waals surface area contributed by atoms with E-state index in [1.807, 2.05) is 24.3 Å². The van der Waals surface area contributed by atoms with Gasteiger partial charge in [0.25, 0.3) is 0 Å². The second-order valence-electron chi connectivity index (χ2n) is 4.92. The van der Waals surface area contributed by atoms with Crippen molar-refractivity contribution in [2.45, 2.75) is 6.54 Å². The normalized spacial score (nSPS) is 10.8.